The highest BCUT2D eigenvalue weighted by Crippen LogP contribution is 2.41. The van der Waals surface area contributed by atoms with Crippen LogP contribution in [0.3, 0.4) is 0 Å². The van der Waals surface area contributed by atoms with Gasteiger partial charge in [-0.1, -0.05) is 24.6 Å². The summed E-state index contributed by atoms with van der Waals surface area (Å²) in [7, 11) is 0. The maximum Gasteiger partial charge on any atom is 0.416 e. The molecule has 1 heterocycles. The first-order valence-electron chi connectivity index (χ1n) is 8.16. The molecular formula is C17H22ClF3N2O. The SMILES string of the molecule is Cl.O=C(NC1CCCC1c1ccccc1C(F)(F)F)C1CCCN1. The van der Waals surface area contributed by atoms with Crippen LogP contribution in [0, 0.1) is 0 Å². The van der Waals surface area contributed by atoms with Crippen molar-refractivity contribution in [1.29, 1.82) is 0 Å². The standard InChI is InChI=1S/C17H21F3N2O.ClH/c18-17(19,20)13-7-2-1-5-11(13)12-6-3-8-14(12)22-16(23)15-9-4-10-21-15;/h1-2,5,7,12,14-15,21H,3-4,6,8-10H2,(H,22,23);1H. The number of carbonyl (C=O) groups excluding carboxylic acids is 1. The van der Waals surface area contributed by atoms with Crippen LogP contribution < -0.4 is 10.6 Å². The lowest BCUT2D eigenvalue weighted by atomic mass is 9.89. The summed E-state index contributed by atoms with van der Waals surface area (Å²) in [5.74, 6) is -0.345. The maximum absolute atomic E-state index is 13.2. The fourth-order valence-electron chi connectivity index (χ4n) is 3.78. The van der Waals surface area contributed by atoms with Gasteiger partial charge in [-0.25, -0.2) is 0 Å². The lowest BCUT2D eigenvalue weighted by Gasteiger charge is -2.25. The molecule has 2 N–H and O–H groups in total. The second kappa shape index (κ2) is 7.74. The van der Waals surface area contributed by atoms with Crippen LogP contribution in [0.1, 0.15) is 49.1 Å². The summed E-state index contributed by atoms with van der Waals surface area (Å²) in [5, 5.41) is 6.11. The molecule has 0 bridgehead atoms. The monoisotopic (exact) mass is 362 g/mol. The molecule has 1 aromatic rings. The van der Waals surface area contributed by atoms with Crippen LogP contribution in [0.25, 0.3) is 0 Å². The highest BCUT2D eigenvalue weighted by Gasteiger charge is 2.39. The van der Waals surface area contributed by atoms with Gasteiger partial charge in [0.15, 0.2) is 0 Å². The molecule has 2 fully saturated rings. The first-order chi connectivity index (χ1) is 11.0. The third kappa shape index (κ3) is 4.03. The van der Waals surface area contributed by atoms with Crippen molar-refractivity contribution >= 4 is 18.3 Å². The van der Waals surface area contributed by atoms with Crippen molar-refractivity contribution in [2.24, 2.45) is 0 Å². The van der Waals surface area contributed by atoms with E-state index in [1.165, 1.54) is 6.07 Å². The largest absolute Gasteiger partial charge is 0.416 e. The molecule has 3 rings (SSSR count). The molecule has 24 heavy (non-hydrogen) atoms. The van der Waals surface area contributed by atoms with Crippen molar-refractivity contribution < 1.29 is 18.0 Å². The summed E-state index contributed by atoms with van der Waals surface area (Å²) in [6, 6.07) is 5.32. The van der Waals surface area contributed by atoms with Crippen LogP contribution >= 0.6 is 12.4 Å². The summed E-state index contributed by atoms with van der Waals surface area (Å²) < 4.78 is 39.7. The van der Waals surface area contributed by atoms with Crippen LogP contribution in [0.5, 0.6) is 0 Å². The smallest absolute Gasteiger partial charge is 0.351 e. The number of benzene rings is 1. The van der Waals surface area contributed by atoms with E-state index in [1.807, 2.05) is 0 Å². The Labute approximate surface area is 145 Å². The fourth-order valence-corrected chi connectivity index (χ4v) is 3.78. The molecule has 3 atom stereocenters. The molecule has 0 aromatic heterocycles. The summed E-state index contributed by atoms with van der Waals surface area (Å²) in [6.07, 6.45) is -0.364. The average Bonchev–Trinajstić information content (AvgIpc) is 3.17. The Morgan fingerprint density at radius 3 is 2.54 bits per heavy atom. The Hall–Kier alpha value is -1.27. The van der Waals surface area contributed by atoms with E-state index in [-0.39, 0.29) is 36.3 Å². The van der Waals surface area contributed by atoms with Crippen molar-refractivity contribution in [2.45, 2.75) is 56.3 Å². The van der Waals surface area contributed by atoms with E-state index < -0.39 is 11.7 Å². The Bertz CT molecular complexity index is 573. The zero-order valence-corrected chi connectivity index (χ0v) is 14.1. The van der Waals surface area contributed by atoms with E-state index in [0.717, 1.165) is 38.3 Å². The molecule has 1 saturated carbocycles. The van der Waals surface area contributed by atoms with Crippen molar-refractivity contribution in [3.05, 3.63) is 35.4 Å². The van der Waals surface area contributed by atoms with Gasteiger partial charge in [0, 0.05) is 12.0 Å². The normalized spacial score (nSPS) is 26.9. The van der Waals surface area contributed by atoms with Gasteiger partial charge >= 0.3 is 6.18 Å². The molecule has 7 heteroatoms. The van der Waals surface area contributed by atoms with Crippen molar-refractivity contribution in [3.8, 4) is 0 Å². The van der Waals surface area contributed by atoms with Crippen molar-refractivity contribution in [2.75, 3.05) is 6.54 Å². The molecule has 1 amide bonds. The molecule has 1 aliphatic heterocycles. The number of nitrogens with one attached hydrogen (secondary N) is 2. The van der Waals surface area contributed by atoms with Gasteiger partial charge in [0.2, 0.25) is 5.91 Å². The van der Waals surface area contributed by atoms with Crippen LogP contribution in [0.2, 0.25) is 0 Å². The zero-order chi connectivity index (χ0) is 16.4. The topological polar surface area (TPSA) is 41.1 Å². The molecule has 0 radical (unpaired) electrons. The molecule has 3 nitrogen and oxygen atoms in total. The number of carbonyl (C=O) groups is 1. The molecule has 0 spiro atoms. The summed E-state index contributed by atoms with van der Waals surface area (Å²) in [6.45, 7) is 0.823. The quantitative estimate of drug-likeness (QED) is 0.862. The molecule has 1 aliphatic carbocycles. The second-order valence-electron chi connectivity index (χ2n) is 6.39. The van der Waals surface area contributed by atoms with E-state index in [4.69, 9.17) is 0 Å². The first-order valence-corrected chi connectivity index (χ1v) is 8.16. The zero-order valence-electron chi connectivity index (χ0n) is 13.2. The van der Waals surface area contributed by atoms with Crippen LogP contribution in [0.4, 0.5) is 13.2 Å². The molecule has 2 aliphatic rings. The minimum absolute atomic E-state index is 0. The van der Waals surface area contributed by atoms with Gasteiger partial charge in [-0.3, -0.25) is 4.79 Å². The second-order valence-corrected chi connectivity index (χ2v) is 6.39. The van der Waals surface area contributed by atoms with Gasteiger partial charge in [0.1, 0.15) is 0 Å². The third-order valence-electron chi connectivity index (χ3n) is 4.89. The minimum atomic E-state index is -4.36. The molecule has 1 saturated heterocycles. The van der Waals surface area contributed by atoms with Crippen molar-refractivity contribution in [1.82, 2.24) is 10.6 Å². The summed E-state index contributed by atoms with van der Waals surface area (Å²) in [4.78, 5) is 12.3. The number of hydrogen-bond acceptors (Lipinski definition) is 2. The number of halogens is 4. The highest BCUT2D eigenvalue weighted by atomic mass is 35.5. The van der Waals surface area contributed by atoms with Gasteiger partial charge in [-0.05, 0) is 43.9 Å². The number of hydrogen-bond donors (Lipinski definition) is 2. The summed E-state index contributed by atoms with van der Waals surface area (Å²) in [5.41, 5.74) is -0.271. The first kappa shape index (κ1) is 19.1. The molecular weight excluding hydrogens is 341 g/mol. The third-order valence-corrected chi connectivity index (χ3v) is 4.89. The Morgan fingerprint density at radius 2 is 1.88 bits per heavy atom. The predicted octanol–water partition coefficient (Wildman–Crippen LogP) is 3.63. The van der Waals surface area contributed by atoms with E-state index in [0.29, 0.717) is 12.0 Å². The number of rotatable bonds is 3. The lowest BCUT2D eigenvalue weighted by molar-refractivity contribution is -0.138. The van der Waals surface area contributed by atoms with E-state index >= 15 is 0 Å². The van der Waals surface area contributed by atoms with Crippen LogP contribution in [-0.4, -0.2) is 24.5 Å². The fraction of sp³-hybridized carbons (Fsp3) is 0.588. The van der Waals surface area contributed by atoms with Gasteiger partial charge in [0.05, 0.1) is 11.6 Å². The molecule has 1 aromatic carbocycles. The van der Waals surface area contributed by atoms with Gasteiger partial charge in [-0.2, -0.15) is 13.2 Å². The lowest BCUT2D eigenvalue weighted by Crippen LogP contribution is -2.46. The Kier molecular flexibility index (Phi) is 6.15. The maximum atomic E-state index is 13.2. The Morgan fingerprint density at radius 1 is 1.12 bits per heavy atom. The van der Waals surface area contributed by atoms with Crippen molar-refractivity contribution in [3.63, 3.8) is 0 Å². The van der Waals surface area contributed by atoms with Crippen LogP contribution in [-0.2, 0) is 11.0 Å². The number of amides is 1. The highest BCUT2D eigenvalue weighted by molar-refractivity contribution is 5.85. The summed E-state index contributed by atoms with van der Waals surface area (Å²) >= 11 is 0. The molecule has 3 unspecified atom stereocenters. The van der Waals surface area contributed by atoms with E-state index in [1.54, 1.807) is 12.1 Å². The van der Waals surface area contributed by atoms with Gasteiger partial charge in [-0.15, -0.1) is 12.4 Å². The molecule has 134 valence electrons. The number of alkyl halides is 3. The van der Waals surface area contributed by atoms with E-state index in [2.05, 4.69) is 10.6 Å². The minimum Gasteiger partial charge on any atom is -0.351 e. The van der Waals surface area contributed by atoms with E-state index in [9.17, 15) is 18.0 Å². The van der Waals surface area contributed by atoms with Gasteiger partial charge < -0.3 is 10.6 Å². The Balaban J connectivity index is 0.00000208. The predicted molar refractivity (Wildman–Crippen MR) is 88.2 cm³/mol. The average molecular weight is 363 g/mol. The van der Waals surface area contributed by atoms with Gasteiger partial charge in [0.25, 0.3) is 0 Å². The van der Waals surface area contributed by atoms with Crippen LogP contribution in [0.15, 0.2) is 24.3 Å².